The molecule has 2 aromatic heterocycles. The molecule has 0 aliphatic heterocycles. The molecule has 3 aromatic rings. The van der Waals surface area contributed by atoms with Gasteiger partial charge in [0.15, 0.2) is 22.1 Å². The van der Waals surface area contributed by atoms with Crippen LogP contribution in [-0.4, -0.2) is 37.7 Å². The Morgan fingerprint density at radius 1 is 1.30 bits per heavy atom. The van der Waals surface area contributed by atoms with Crippen LogP contribution in [0, 0.1) is 3.57 Å². The summed E-state index contributed by atoms with van der Waals surface area (Å²) in [6.07, 6.45) is 5.25. The van der Waals surface area contributed by atoms with Crippen LogP contribution < -0.4 is 16.0 Å². The van der Waals surface area contributed by atoms with Gasteiger partial charge in [0.1, 0.15) is 12.1 Å². The van der Waals surface area contributed by atoms with Gasteiger partial charge in [0.25, 0.3) is 0 Å². The van der Waals surface area contributed by atoms with Crippen LogP contribution in [0.15, 0.2) is 34.6 Å². The molecular formula is C19H23IN6O3S. The Balaban J connectivity index is 1.77. The topological polar surface area (TPSA) is 128 Å². The number of nitrogens with zero attached hydrogens (tertiary/aromatic N) is 4. The number of imidazole rings is 1. The van der Waals surface area contributed by atoms with Gasteiger partial charge < -0.3 is 15.0 Å². The SMILES string of the molecule is COc1ccc(I)c(Sc2nc3c(N)ncnc3n2CCCCCCC(=O)NO)c1. The number of nitrogens with one attached hydrogen (secondary N) is 1. The van der Waals surface area contributed by atoms with E-state index in [1.807, 2.05) is 18.2 Å². The summed E-state index contributed by atoms with van der Waals surface area (Å²) in [5.74, 6) is 0.789. The Morgan fingerprint density at radius 3 is 2.87 bits per heavy atom. The van der Waals surface area contributed by atoms with E-state index in [2.05, 4.69) is 37.1 Å². The van der Waals surface area contributed by atoms with Gasteiger partial charge >= 0.3 is 0 Å². The molecule has 3 rings (SSSR count). The molecule has 30 heavy (non-hydrogen) atoms. The van der Waals surface area contributed by atoms with Crippen molar-refractivity contribution >= 4 is 57.2 Å². The number of hydrogen-bond donors (Lipinski definition) is 3. The lowest BCUT2D eigenvalue weighted by Crippen LogP contribution is -2.17. The number of nitrogen functional groups attached to an aromatic ring is 1. The smallest absolute Gasteiger partial charge is 0.243 e. The summed E-state index contributed by atoms with van der Waals surface area (Å²) in [5, 5.41) is 9.34. The number of carbonyl (C=O) groups is 1. The van der Waals surface area contributed by atoms with Crippen molar-refractivity contribution in [2.45, 2.75) is 48.7 Å². The van der Waals surface area contributed by atoms with E-state index in [4.69, 9.17) is 20.7 Å². The van der Waals surface area contributed by atoms with E-state index in [0.29, 0.717) is 23.4 Å². The number of hydroxylamine groups is 1. The highest BCUT2D eigenvalue weighted by Crippen LogP contribution is 2.35. The zero-order chi connectivity index (χ0) is 21.5. The summed E-state index contributed by atoms with van der Waals surface area (Å²) < 4.78 is 8.51. The molecule has 1 amide bonds. The maximum Gasteiger partial charge on any atom is 0.243 e. The molecule has 0 saturated carbocycles. The molecule has 2 heterocycles. The van der Waals surface area contributed by atoms with Crippen LogP contribution in [0.1, 0.15) is 32.1 Å². The molecule has 4 N–H and O–H groups in total. The molecule has 0 spiro atoms. The van der Waals surface area contributed by atoms with Crippen molar-refractivity contribution in [1.29, 1.82) is 0 Å². The second kappa shape index (κ2) is 10.8. The fraction of sp³-hybridized carbons (Fsp3) is 0.368. The van der Waals surface area contributed by atoms with Crippen molar-refractivity contribution in [3.63, 3.8) is 0 Å². The lowest BCUT2D eigenvalue weighted by Gasteiger charge is -2.10. The first-order valence-corrected chi connectivity index (χ1v) is 11.3. The normalized spacial score (nSPS) is 11.0. The number of carbonyl (C=O) groups excluding carboxylic acids is 1. The molecular weight excluding hydrogens is 519 g/mol. The van der Waals surface area contributed by atoms with E-state index >= 15 is 0 Å². The van der Waals surface area contributed by atoms with Crippen LogP contribution in [0.5, 0.6) is 5.75 Å². The van der Waals surface area contributed by atoms with Crippen molar-refractivity contribution in [3.8, 4) is 5.75 Å². The Hall–Kier alpha value is -2.12. The molecule has 0 fully saturated rings. The molecule has 11 heteroatoms. The average molecular weight is 542 g/mol. The number of aromatic nitrogens is 4. The monoisotopic (exact) mass is 542 g/mol. The predicted octanol–water partition coefficient (Wildman–Crippen LogP) is 3.63. The van der Waals surface area contributed by atoms with E-state index in [1.165, 1.54) is 6.33 Å². The number of benzene rings is 1. The minimum Gasteiger partial charge on any atom is -0.497 e. The van der Waals surface area contributed by atoms with Gasteiger partial charge in [-0.3, -0.25) is 10.0 Å². The number of nitrogens with two attached hydrogens (primary N) is 1. The van der Waals surface area contributed by atoms with Gasteiger partial charge in [0, 0.05) is 21.4 Å². The fourth-order valence-electron chi connectivity index (χ4n) is 2.97. The number of hydrogen-bond acceptors (Lipinski definition) is 8. The van der Waals surface area contributed by atoms with E-state index in [9.17, 15) is 4.79 Å². The van der Waals surface area contributed by atoms with E-state index in [-0.39, 0.29) is 5.91 Å². The van der Waals surface area contributed by atoms with Crippen LogP contribution >= 0.6 is 34.4 Å². The number of halogens is 1. The molecule has 0 bridgehead atoms. The highest BCUT2D eigenvalue weighted by atomic mass is 127. The van der Waals surface area contributed by atoms with Gasteiger partial charge in [0.05, 0.1) is 7.11 Å². The van der Waals surface area contributed by atoms with Gasteiger partial charge in [-0.05, 0) is 53.6 Å². The number of fused-ring (bicyclic) bond motifs is 1. The molecule has 0 radical (unpaired) electrons. The largest absolute Gasteiger partial charge is 0.497 e. The Morgan fingerprint density at radius 2 is 2.10 bits per heavy atom. The zero-order valence-corrected chi connectivity index (χ0v) is 19.4. The van der Waals surface area contributed by atoms with Gasteiger partial charge in [-0.1, -0.05) is 24.6 Å². The first kappa shape index (κ1) is 22.6. The number of unbranched alkanes of at least 4 members (excludes halogenated alkanes) is 3. The Kier molecular flexibility index (Phi) is 8.10. The van der Waals surface area contributed by atoms with Crippen LogP contribution in [0.3, 0.4) is 0 Å². The van der Waals surface area contributed by atoms with Crippen molar-refractivity contribution in [2.24, 2.45) is 0 Å². The van der Waals surface area contributed by atoms with Crippen LogP contribution in [-0.2, 0) is 11.3 Å². The van der Waals surface area contributed by atoms with Crippen LogP contribution in [0.4, 0.5) is 5.82 Å². The molecule has 0 aliphatic rings. The third kappa shape index (κ3) is 5.52. The lowest BCUT2D eigenvalue weighted by atomic mass is 10.1. The summed E-state index contributed by atoms with van der Waals surface area (Å²) >= 11 is 3.83. The first-order valence-electron chi connectivity index (χ1n) is 9.44. The number of anilines is 1. The molecule has 0 aliphatic carbocycles. The van der Waals surface area contributed by atoms with E-state index in [0.717, 1.165) is 51.6 Å². The molecule has 0 atom stereocenters. The zero-order valence-electron chi connectivity index (χ0n) is 16.5. The summed E-state index contributed by atoms with van der Waals surface area (Å²) in [4.78, 5) is 25.3. The van der Waals surface area contributed by atoms with Crippen molar-refractivity contribution in [1.82, 2.24) is 25.0 Å². The summed E-state index contributed by atoms with van der Waals surface area (Å²) in [6.45, 7) is 0.724. The maximum atomic E-state index is 11.1. The quantitative estimate of drug-likeness (QED) is 0.153. The Bertz CT molecular complexity index is 1030. The van der Waals surface area contributed by atoms with Crippen molar-refractivity contribution in [2.75, 3.05) is 12.8 Å². The number of ether oxygens (including phenoxy) is 1. The second-order valence-corrected chi connectivity index (χ2v) is 8.75. The highest BCUT2D eigenvalue weighted by Gasteiger charge is 2.17. The lowest BCUT2D eigenvalue weighted by molar-refractivity contribution is -0.129. The van der Waals surface area contributed by atoms with Crippen molar-refractivity contribution < 1.29 is 14.7 Å². The number of amides is 1. The van der Waals surface area contributed by atoms with Crippen LogP contribution in [0.25, 0.3) is 11.2 Å². The molecule has 0 unspecified atom stereocenters. The minimum atomic E-state index is -0.352. The third-order valence-corrected chi connectivity index (χ3v) is 6.88. The number of methoxy groups -OCH3 is 1. The van der Waals surface area contributed by atoms with Crippen molar-refractivity contribution in [3.05, 3.63) is 28.1 Å². The molecule has 1 aromatic carbocycles. The van der Waals surface area contributed by atoms with Gasteiger partial charge in [-0.25, -0.2) is 20.4 Å². The second-order valence-electron chi connectivity index (χ2n) is 6.57. The molecule has 160 valence electrons. The van der Waals surface area contributed by atoms with Crippen LogP contribution in [0.2, 0.25) is 0 Å². The summed E-state index contributed by atoms with van der Waals surface area (Å²) in [6, 6.07) is 5.91. The summed E-state index contributed by atoms with van der Waals surface area (Å²) in [7, 11) is 1.65. The highest BCUT2D eigenvalue weighted by molar-refractivity contribution is 14.1. The van der Waals surface area contributed by atoms with Gasteiger partial charge in [-0.2, -0.15) is 0 Å². The standard InChI is InChI=1S/C19H23IN6O3S/c1-29-12-7-8-13(20)14(10-12)30-19-24-16-17(21)22-11-23-18(16)26(19)9-5-3-2-4-6-15(27)25-28/h7-8,10-11,28H,2-6,9H2,1H3,(H,25,27)(H2,21,22,23). The number of aryl methyl sites for hydroxylation is 1. The third-order valence-electron chi connectivity index (χ3n) is 4.53. The maximum absolute atomic E-state index is 11.1. The van der Waals surface area contributed by atoms with E-state index < -0.39 is 0 Å². The predicted molar refractivity (Wildman–Crippen MR) is 123 cm³/mol. The minimum absolute atomic E-state index is 0.323. The summed E-state index contributed by atoms with van der Waals surface area (Å²) in [5.41, 5.74) is 8.99. The molecule has 0 saturated heterocycles. The number of rotatable bonds is 10. The average Bonchev–Trinajstić information content (AvgIpc) is 3.10. The van der Waals surface area contributed by atoms with Gasteiger partial charge in [-0.15, -0.1) is 0 Å². The Labute approximate surface area is 191 Å². The van der Waals surface area contributed by atoms with E-state index in [1.54, 1.807) is 24.4 Å². The first-order chi connectivity index (χ1) is 14.5. The molecule has 9 nitrogen and oxygen atoms in total. The van der Waals surface area contributed by atoms with Gasteiger partial charge in [0.2, 0.25) is 5.91 Å². The fourth-order valence-corrected chi connectivity index (χ4v) is 4.59.